The van der Waals surface area contributed by atoms with Gasteiger partial charge < -0.3 is 10.6 Å². The fourth-order valence-corrected chi connectivity index (χ4v) is 3.19. The van der Waals surface area contributed by atoms with Crippen molar-refractivity contribution >= 4 is 28.2 Å². The number of carbonyl (C=O) groups excluding carboxylic acids is 1. The van der Waals surface area contributed by atoms with Crippen LogP contribution in [0.25, 0.3) is 0 Å². The smallest absolute Gasteiger partial charge is 0.226 e. The first-order valence-corrected chi connectivity index (χ1v) is 6.73. The standard InChI is InChI=1S/C13H12FN3OS/c1-15-13-17-12-11(19-13)9(6-10(18)16-12)7-2-4-8(14)5-3-7/h2-5,9H,6H2,1H3,(H,15,17)(H,16,18)/t9-/m1/s1. The van der Waals surface area contributed by atoms with E-state index in [4.69, 9.17) is 0 Å². The highest BCUT2D eigenvalue weighted by atomic mass is 32.1. The third-order valence-electron chi connectivity index (χ3n) is 3.10. The van der Waals surface area contributed by atoms with Gasteiger partial charge in [-0.15, -0.1) is 0 Å². The summed E-state index contributed by atoms with van der Waals surface area (Å²) >= 11 is 1.51. The number of thiazole rings is 1. The van der Waals surface area contributed by atoms with Crippen LogP contribution in [0.2, 0.25) is 0 Å². The molecule has 0 fully saturated rings. The predicted octanol–water partition coefficient (Wildman–Crippen LogP) is 2.80. The van der Waals surface area contributed by atoms with Crippen molar-refractivity contribution in [1.82, 2.24) is 4.98 Å². The number of anilines is 2. The van der Waals surface area contributed by atoms with Gasteiger partial charge in [0.25, 0.3) is 0 Å². The summed E-state index contributed by atoms with van der Waals surface area (Å²) in [7, 11) is 1.79. The maximum absolute atomic E-state index is 13.0. The van der Waals surface area contributed by atoms with Crippen LogP contribution in [0.1, 0.15) is 22.8 Å². The summed E-state index contributed by atoms with van der Waals surface area (Å²) in [6.07, 6.45) is 0.365. The quantitative estimate of drug-likeness (QED) is 0.887. The zero-order chi connectivity index (χ0) is 13.4. The van der Waals surface area contributed by atoms with E-state index in [0.717, 1.165) is 15.6 Å². The molecule has 98 valence electrons. The molecule has 1 atom stereocenters. The third kappa shape index (κ3) is 2.19. The van der Waals surface area contributed by atoms with Crippen molar-refractivity contribution in [3.05, 3.63) is 40.5 Å². The van der Waals surface area contributed by atoms with Crippen LogP contribution in [0.3, 0.4) is 0 Å². The van der Waals surface area contributed by atoms with E-state index in [0.29, 0.717) is 12.2 Å². The second-order valence-electron chi connectivity index (χ2n) is 4.34. The number of hydrogen-bond acceptors (Lipinski definition) is 4. The molecule has 1 amide bonds. The van der Waals surface area contributed by atoms with Crippen molar-refractivity contribution in [2.45, 2.75) is 12.3 Å². The number of rotatable bonds is 2. The van der Waals surface area contributed by atoms with E-state index in [-0.39, 0.29) is 17.6 Å². The summed E-state index contributed by atoms with van der Waals surface area (Å²) in [4.78, 5) is 17.1. The molecule has 3 rings (SSSR count). The Labute approximate surface area is 113 Å². The van der Waals surface area contributed by atoms with Crippen LogP contribution in [0, 0.1) is 5.82 Å². The average Bonchev–Trinajstić information content (AvgIpc) is 2.81. The molecule has 0 spiro atoms. The lowest BCUT2D eigenvalue weighted by Crippen LogP contribution is -2.22. The molecule has 0 unspecified atom stereocenters. The Kier molecular flexibility index (Phi) is 2.94. The number of nitrogens with zero attached hydrogens (tertiary/aromatic N) is 1. The zero-order valence-electron chi connectivity index (χ0n) is 10.2. The lowest BCUT2D eigenvalue weighted by molar-refractivity contribution is -0.116. The van der Waals surface area contributed by atoms with E-state index in [1.807, 2.05) is 0 Å². The van der Waals surface area contributed by atoms with Gasteiger partial charge in [0.2, 0.25) is 5.91 Å². The Morgan fingerprint density at radius 2 is 2.16 bits per heavy atom. The van der Waals surface area contributed by atoms with Crippen LogP contribution in [0.15, 0.2) is 24.3 Å². The summed E-state index contributed by atoms with van der Waals surface area (Å²) in [5.74, 6) is 0.225. The summed E-state index contributed by atoms with van der Waals surface area (Å²) in [5.41, 5.74) is 0.934. The molecule has 0 saturated heterocycles. The van der Waals surface area contributed by atoms with Crippen molar-refractivity contribution in [1.29, 1.82) is 0 Å². The first-order valence-electron chi connectivity index (χ1n) is 5.91. The minimum Gasteiger partial charge on any atom is -0.365 e. The maximum Gasteiger partial charge on any atom is 0.226 e. The van der Waals surface area contributed by atoms with Crippen molar-refractivity contribution in [3.63, 3.8) is 0 Å². The average molecular weight is 277 g/mol. The summed E-state index contributed by atoms with van der Waals surface area (Å²) in [6, 6.07) is 6.28. The number of fused-ring (bicyclic) bond motifs is 1. The van der Waals surface area contributed by atoms with Crippen LogP contribution in [0.4, 0.5) is 15.3 Å². The monoisotopic (exact) mass is 277 g/mol. The van der Waals surface area contributed by atoms with Crippen molar-refractivity contribution in [3.8, 4) is 0 Å². The number of nitrogens with one attached hydrogen (secondary N) is 2. The van der Waals surface area contributed by atoms with Gasteiger partial charge in [0.15, 0.2) is 5.13 Å². The van der Waals surface area contributed by atoms with Gasteiger partial charge >= 0.3 is 0 Å². The summed E-state index contributed by atoms with van der Waals surface area (Å²) < 4.78 is 13.0. The van der Waals surface area contributed by atoms with Gasteiger partial charge in [-0.2, -0.15) is 0 Å². The van der Waals surface area contributed by atoms with Crippen LogP contribution in [-0.4, -0.2) is 17.9 Å². The largest absolute Gasteiger partial charge is 0.365 e. The summed E-state index contributed by atoms with van der Waals surface area (Å²) in [6.45, 7) is 0. The molecule has 19 heavy (non-hydrogen) atoms. The third-order valence-corrected chi connectivity index (χ3v) is 4.29. The molecule has 0 aliphatic carbocycles. The molecule has 1 aliphatic rings. The lowest BCUT2D eigenvalue weighted by atomic mass is 9.92. The van der Waals surface area contributed by atoms with Crippen LogP contribution in [-0.2, 0) is 4.79 Å². The van der Waals surface area contributed by atoms with Crippen LogP contribution < -0.4 is 10.6 Å². The minimum absolute atomic E-state index is 0.0519. The van der Waals surface area contributed by atoms with Gasteiger partial charge in [-0.1, -0.05) is 23.5 Å². The first kappa shape index (κ1) is 12.1. The number of halogens is 1. The number of carbonyl (C=O) groups is 1. The molecule has 2 N–H and O–H groups in total. The fraction of sp³-hybridized carbons (Fsp3) is 0.231. The van der Waals surface area contributed by atoms with Gasteiger partial charge in [0.05, 0.1) is 4.88 Å². The van der Waals surface area contributed by atoms with Crippen molar-refractivity contribution in [2.24, 2.45) is 0 Å². The molecule has 0 saturated carbocycles. The maximum atomic E-state index is 13.0. The normalized spacial score (nSPS) is 17.8. The number of hydrogen-bond donors (Lipinski definition) is 2. The zero-order valence-corrected chi connectivity index (χ0v) is 11.1. The van der Waals surface area contributed by atoms with Gasteiger partial charge in [0, 0.05) is 19.4 Å². The molecule has 4 nitrogen and oxygen atoms in total. The van der Waals surface area contributed by atoms with E-state index >= 15 is 0 Å². The Balaban J connectivity index is 2.05. The second-order valence-corrected chi connectivity index (χ2v) is 5.37. The highest BCUT2D eigenvalue weighted by Crippen LogP contribution is 2.41. The Morgan fingerprint density at radius 1 is 1.42 bits per heavy atom. The SMILES string of the molecule is CNc1nc2c(s1)[C@@H](c1ccc(F)cc1)CC(=O)N2. The topological polar surface area (TPSA) is 54.0 Å². The Bertz CT molecular complexity index is 623. The van der Waals surface area contributed by atoms with E-state index in [2.05, 4.69) is 15.6 Å². The van der Waals surface area contributed by atoms with Gasteiger partial charge in [0.1, 0.15) is 11.6 Å². The number of aromatic nitrogens is 1. The van der Waals surface area contributed by atoms with Gasteiger partial charge in [-0.05, 0) is 17.7 Å². The molecular weight excluding hydrogens is 265 g/mol. The number of amides is 1. The molecule has 0 radical (unpaired) electrons. The second kappa shape index (κ2) is 4.62. The van der Waals surface area contributed by atoms with E-state index < -0.39 is 0 Å². The predicted molar refractivity (Wildman–Crippen MR) is 73.2 cm³/mol. The van der Waals surface area contributed by atoms with E-state index in [1.54, 1.807) is 19.2 Å². The highest BCUT2D eigenvalue weighted by Gasteiger charge is 2.30. The van der Waals surface area contributed by atoms with Crippen LogP contribution in [0.5, 0.6) is 0 Å². The van der Waals surface area contributed by atoms with E-state index in [9.17, 15) is 9.18 Å². The summed E-state index contributed by atoms with van der Waals surface area (Å²) in [5, 5.41) is 6.51. The molecule has 2 aromatic rings. The number of benzene rings is 1. The molecule has 1 aromatic carbocycles. The van der Waals surface area contributed by atoms with Gasteiger partial charge in [-0.25, -0.2) is 9.37 Å². The Morgan fingerprint density at radius 3 is 2.84 bits per heavy atom. The van der Waals surface area contributed by atoms with Crippen LogP contribution >= 0.6 is 11.3 Å². The molecule has 1 aliphatic heterocycles. The first-order chi connectivity index (χ1) is 9.17. The molecule has 6 heteroatoms. The molecular formula is C13H12FN3OS. The van der Waals surface area contributed by atoms with Crippen molar-refractivity contribution < 1.29 is 9.18 Å². The molecule has 0 bridgehead atoms. The van der Waals surface area contributed by atoms with Crippen molar-refractivity contribution in [2.75, 3.05) is 17.7 Å². The highest BCUT2D eigenvalue weighted by molar-refractivity contribution is 7.16. The van der Waals surface area contributed by atoms with Gasteiger partial charge in [-0.3, -0.25) is 4.79 Å². The Hall–Kier alpha value is -1.95. The minimum atomic E-state index is -0.274. The molecule has 1 aromatic heterocycles. The molecule has 2 heterocycles. The fourth-order valence-electron chi connectivity index (χ4n) is 2.19. The lowest BCUT2D eigenvalue weighted by Gasteiger charge is -2.21. The van der Waals surface area contributed by atoms with E-state index in [1.165, 1.54) is 23.5 Å².